The molecule has 2 aromatic heterocycles. The van der Waals surface area contributed by atoms with E-state index in [4.69, 9.17) is 10.00 Å². The molecule has 1 aliphatic heterocycles. The van der Waals surface area contributed by atoms with Crippen LogP contribution in [0.5, 0.6) is 0 Å². The maximum Gasteiger partial charge on any atom is 0.407 e. The highest BCUT2D eigenvalue weighted by Gasteiger charge is 2.20. The third-order valence-corrected chi connectivity index (χ3v) is 6.40. The molecule has 4 rings (SSSR count). The monoisotopic (exact) mass is 447 g/mol. The van der Waals surface area contributed by atoms with Crippen LogP contribution in [0.25, 0.3) is 11.1 Å². The van der Waals surface area contributed by atoms with Crippen molar-refractivity contribution in [2.75, 3.05) is 24.5 Å². The van der Waals surface area contributed by atoms with Crippen molar-refractivity contribution in [1.29, 1.82) is 5.26 Å². The average Bonchev–Trinajstić information content (AvgIpc) is 3.37. The topological polar surface area (TPSA) is 91.1 Å². The molecular weight excluding hydrogens is 422 g/mol. The zero-order valence-corrected chi connectivity index (χ0v) is 18.6. The third kappa shape index (κ3) is 5.83. The van der Waals surface area contributed by atoms with Gasteiger partial charge < -0.3 is 15.0 Å². The zero-order valence-electron chi connectivity index (χ0n) is 17.7. The molecule has 1 saturated heterocycles. The normalized spacial score (nSPS) is 14.0. The summed E-state index contributed by atoms with van der Waals surface area (Å²) in [4.78, 5) is 22.8. The molecule has 1 fully saturated rings. The van der Waals surface area contributed by atoms with Gasteiger partial charge in [-0.3, -0.25) is 0 Å². The van der Waals surface area contributed by atoms with Crippen LogP contribution in [0.2, 0.25) is 0 Å². The maximum atomic E-state index is 11.8. The quantitative estimate of drug-likeness (QED) is 0.569. The van der Waals surface area contributed by atoms with Crippen LogP contribution in [0.4, 0.5) is 10.6 Å². The Bertz CT molecular complexity index is 1050. The van der Waals surface area contributed by atoms with Gasteiger partial charge in [0.05, 0.1) is 11.6 Å². The summed E-state index contributed by atoms with van der Waals surface area (Å²) in [6.45, 7) is 2.75. The first-order valence-electron chi connectivity index (χ1n) is 10.7. The maximum absolute atomic E-state index is 11.8. The number of alkyl carbamates (subject to hydrolysis) is 1. The predicted molar refractivity (Wildman–Crippen MR) is 124 cm³/mol. The van der Waals surface area contributed by atoms with Gasteiger partial charge in [-0.15, -0.1) is 11.3 Å². The Morgan fingerprint density at radius 3 is 2.81 bits per heavy atom. The molecule has 0 aliphatic carbocycles. The largest absolute Gasteiger partial charge is 0.442 e. The van der Waals surface area contributed by atoms with E-state index in [1.54, 1.807) is 12.3 Å². The van der Waals surface area contributed by atoms with Gasteiger partial charge in [-0.25, -0.2) is 14.8 Å². The number of anilines is 1. The lowest BCUT2D eigenvalue weighted by Crippen LogP contribution is -2.35. The van der Waals surface area contributed by atoms with E-state index in [0.29, 0.717) is 18.0 Å². The molecule has 3 aromatic rings. The van der Waals surface area contributed by atoms with E-state index in [1.165, 1.54) is 11.3 Å². The van der Waals surface area contributed by atoms with Crippen molar-refractivity contribution in [2.24, 2.45) is 5.92 Å². The number of benzene rings is 1. The van der Waals surface area contributed by atoms with Gasteiger partial charge in [0.1, 0.15) is 17.4 Å². The van der Waals surface area contributed by atoms with Gasteiger partial charge >= 0.3 is 6.09 Å². The number of piperidine rings is 1. The van der Waals surface area contributed by atoms with Crippen molar-refractivity contribution in [3.63, 3.8) is 0 Å². The van der Waals surface area contributed by atoms with Gasteiger partial charge in [0, 0.05) is 43.0 Å². The Labute approximate surface area is 191 Å². The Kier molecular flexibility index (Phi) is 7.31. The van der Waals surface area contributed by atoms with E-state index in [1.807, 2.05) is 29.8 Å². The molecule has 0 bridgehead atoms. The summed E-state index contributed by atoms with van der Waals surface area (Å²) in [7, 11) is 0. The molecule has 1 aromatic carbocycles. The van der Waals surface area contributed by atoms with Crippen molar-refractivity contribution in [3.05, 3.63) is 64.7 Å². The molecule has 0 unspecified atom stereocenters. The molecule has 8 heteroatoms. The zero-order chi connectivity index (χ0) is 22.2. The Morgan fingerprint density at radius 2 is 2.09 bits per heavy atom. The number of nitrogens with zero attached hydrogens (tertiary/aromatic N) is 4. The molecule has 0 spiro atoms. The third-order valence-electron chi connectivity index (χ3n) is 5.64. The van der Waals surface area contributed by atoms with Crippen molar-refractivity contribution in [1.82, 2.24) is 15.3 Å². The second kappa shape index (κ2) is 10.7. The highest BCUT2D eigenvalue weighted by Crippen LogP contribution is 2.26. The van der Waals surface area contributed by atoms with E-state index >= 15 is 0 Å². The van der Waals surface area contributed by atoms with Crippen LogP contribution in [0.15, 0.2) is 54.2 Å². The molecule has 7 nitrogen and oxygen atoms in total. The number of pyridine rings is 1. The van der Waals surface area contributed by atoms with E-state index in [0.717, 1.165) is 54.3 Å². The highest BCUT2D eigenvalue weighted by molar-refractivity contribution is 7.09. The van der Waals surface area contributed by atoms with Gasteiger partial charge in [0.25, 0.3) is 0 Å². The van der Waals surface area contributed by atoms with Gasteiger partial charge in [-0.05, 0) is 55.0 Å². The van der Waals surface area contributed by atoms with Crippen molar-refractivity contribution >= 4 is 23.2 Å². The van der Waals surface area contributed by atoms with Crippen molar-refractivity contribution < 1.29 is 9.53 Å². The first kappa shape index (κ1) is 21.8. The Hall–Kier alpha value is -3.44. The van der Waals surface area contributed by atoms with Crippen LogP contribution in [-0.4, -0.2) is 35.7 Å². The molecule has 3 heterocycles. The fourth-order valence-corrected chi connectivity index (χ4v) is 4.37. The molecule has 0 radical (unpaired) electrons. The van der Waals surface area contributed by atoms with Crippen LogP contribution in [0.3, 0.4) is 0 Å². The molecule has 32 heavy (non-hydrogen) atoms. The minimum Gasteiger partial charge on any atom is -0.442 e. The van der Waals surface area contributed by atoms with Crippen LogP contribution in [0.1, 0.15) is 29.8 Å². The minimum absolute atomic E-state index is 0.220. The van der Waals surface area contributed by atoms with Crippen molar-refractivity contribution in [2.45, 2.75) is 25.9 Å². The van der Waals surface area contributed by atoms with E-state index in [2.05, 4.69) is 38.4 Å². The summed E-state index contributed by atoms with van der Waals surface area (Å²) in [6.07, 6.45) is 6.28. The lowest BCUT2D eigenvalue weighted by Gasteiger charge is -2.33. The van der Waals surface area contributed by atoms with E-state index in [9.17, 15) is 4.79 Å². The lowest BCUT2D eigenvalue weighted by atomic mass is 9.93. The van der Waals surface area contributed by atoms with E-state index < -0.39 is 0 Å². The van der Waals surface area contributed by atoms with Crippen LogP contribution >= 0.6 is 11.3 Å². The molecule has 0 atom stereocenters. The minimum atomic E-state index is -0.387. The summed E-state index contributed by atoms with van der Waals surface area (Å²) >= 11 is 1.47. The molecule has 1 N–H and O–H groups in total. The number of carbonyl (C=O) groups is 1. The summed E-state index contributed by atoms with van der Waals surface area (Å²) in [5, 5.41) is 14.6. The second-order valence-corrected chi connectivity index (χ2v) is 8.72. The van der Waals surface area contributed by atoms with Crippen molar-refractivity contribution in [3.8, 4) is 17.2 Å². The first-order chi connectivity index (χ1) is 15.7. The smallest absolute Gasteiger partial charge is 0.407 e. The Morgan fingerprint density at radius 1 is 1.22 bits per heavy atom. The predicted octanol–water partition coefficient (Wildman–Crippen LogP) is 4.61. The summed E-state index contributed by atoms with van der Waals surface area (Å²) in [5.74, 6) is 1.56. The number of rotatable bonds is 7. The number of hydrogen-bond donors (Lipinski definition) is 1. The molecule has 0 saturated carbocycles. The number of hydrogen-bond acceptors (Lipinski definition) is 7. The fourth-order valence-electron chi connectivity index (χ4n) is 3.84. The number of ether oxygens (including phenoxy) is 1. The SMILES string of the molecule is N#Cc1cccc(-c2ccc(N3CCC(CCNC(=O)OCc4nccs4)CC3)nc2)c1. The van der Waals surface area contributed by atoms with Crippen LogP contribution < -0.4 is 10.2 Å². The van der Waals surface area contributed by atoms with Gasteiger partial charge in [-0.1, -0.05) is 12.1 Å². The summed E-state index contributed by atoms with van der Waals surface area (Å²) in [5.41, 5.74) is 2.66. The fraction of sp³-hybridized carbons (Fsp3) is 0.333. The Balaban J connectivity index is 1.19. The molecule has 1 amide bonds. The van der Waals surface area contributed by atoms with Crippen LogP contribution in [0, 0.1) is 17.2 Å². The number of thiazole rings is 1. The number of nitriles is 1. The van der Waals surface area contributed by atoms with Gasteiger partial charge in [0.15, 0.2) is 0 Å². The number of amides is 1. The number of nitrogens with one attached hydrogen (secondary N) is 1. The summed E-state index contributed by atoms with van der Waals surface area (Å²) < 4.78 is 5.17. The first-order valence-corrected chi connectivity index (χ1v) is 11.6. The van der Waals surface area contributed by atoms with Gasteiger partial charge in [0.2, 0.25) is 0 Å². The molecule has 1 aliphatic rings. The highest BCUT2D eigenvalue weighted by atomic mass is 32.1. The number of carbonyl (C=O) groups excluding carboxylic acids is 1. The molecular formula is C24H25N5O2S. The number of aromatic nitrogens is 2. The second-order valence-electron chi connectivity index (χ2n) is 7.75. The summed E-state index contributed by atoms with van der Waals surface area (Å²) in [6, 6.07) is 13.9. The van der Waals surface area contributed by atoms with E-state index in [-0.39, 0.29) is 12.7 Å². The molecule has 164 valence electrons. The average molecular weight is 448 g/mol. The lowest BCUT2D eigenvalue weighted by molar-refractivity contribution is 0.138. The van der Waals surface area contributed by atoms with Gasteiger partial charge in [-0.2, -0.15) is 5.26 Å². The standard InChI is InChI=1S/C24H25N5O2S/c25-15-19-2-1-3-20(14-19)21-4-5-22(28-16-21)29-11-7-18(8-12-29)6-9-27-24(30)31-17-23-26-10-13-32-23/h1-5,10,13-14,16,18H,6-9,11-12,17H2,(H,27,30). The van der Waals surface area contributed by atoms with Crippen LogP contribution in [-0.2, 0) is 11.3 Å².